The molecule has 1 N–H and O–H groups in total. The molecule has 1 aromatic heterocycles. The normalized spacial score (nSPS) is 9.62. The Bertz CT molecular complexity index is 531. The van der Waals surface area contributed by atoms with Gasteiger partial charge in [0.2, 0.25) is 0 Å². The molecule has 0 amide bonds. The van der Waals surface area contributed by atoms with Gasteiger partial charge in [-0.3, -0.25) is 0 Å². The second kappa shape index (κ2) is 4.60. The standard InChI is InChI=1S/C12H11N3O/c1-2-3-10-4-6-12(7-5-10)15-8-11(9-16)13-14-15/h4-8,16H,9H2,1H3. The van der Waals surface area contributed by atoms with Gasteiger partial charge in [-0.25, -0.2) is 4.68 Å². The minimum atomic E-state index is -0.0978. The summed E-state index contributed by atoms with van der Waals surface area (Å²) < 4.78 is 1.62. The zero-order valence-electron chi connectivity index (χ0n) is 8.88. The Hall–Kier alpha value is -2.12. The van der Waals surface area contributed by atoms with Gasteiger partial charge in [-0.15, -0.1) is 11.0 Å². The van der Waals surface area contributed by atoms with E-state index < -0.39 is 0 Å². The second-order valence-corrected chi connectivity index (χ2v) is 3.23. The van der Waals surface area contributed by atoms with Crippen LogP contribution in [-0.2, 0) is 6.61 Å². The average Bonchev–Trinajstić information content (AvgIpc) is 2.79. The van der Waals surface area contributed by atoms with Gasteiger partial charge in [-0.1, -0.05) is 11.1 Å². The molecule has 0 saturated carbocycles. The molecule has 4 heteroatoms. The predicted molar refractivity (Wildman–Crippen MR) is 59.8 cm³/mol. The van der Waals surface area contributed by atoms with Gasteiger partial charge < -0.3 is 5.11 Å². The number of hydrogen-bond donors (Lipinski definition) is 1. The third-order valence-electron chi connectivity index (χ3n) is 2.10. The Morgan fingerprint density at radius 1 is 1.31 bits per heavy atom. The largest absolute Gasteiger partial charge is 0.390 e. The Morgan fingerprint density at radius 2 is 2.06 bits per heavy atom. The van der Waals surface area contributed by atoms with E-state index in [1.807, 2.05) is 24.3 Å². The minimum Gasteiger partial charge on any atom is -0.390 e. The fraction of sp³-hybridized carbons (Fsp3) is 0.167. The van der Waals surface area contributed by atoms with Crippen molar-refractivity contribution in [2.75, 3.05) is 0 Å². The quantitative estimate of drug-likeness (QED) is 0.761. The van der Waals surface area contributed by atoms with E-state index >= 15 is 0 Å². The van der Waals surface area contributed by atoms with Crippen LogP contribution in [0.2, 0.25) is 0 Å². The molecule has 80 valence electrons. The molecule has 0 radical (unpaired) electrons. The lowest BCUT2D eigenvalue weighted by atomic mass is 10.2. The molecule has 1 heterocycles. The van der Waals surface area contributed by atoms with E-state index in [1.54, 1.807) is 17.8 Å². The van der Waals surface area contributed by atoms with Crippen LogP contribution in [0.1, 0.15) is 18.2 Å². The monoisotopic (exact) mass is 213 g/mol. The summed E-state index contributed by atoms with van der Waals surface area (Å²) in [5, 5.41) is 16.6. The van der Waals surface area contributed by atoms with Crippen molar-refractivity contribution in [1.29, 1.82) is 0 Å². The SMILES string of the molecule is CC#Cc1ccc(-n2cc(CO)nn2)cc1. The van der Waals surface area contributed by atoms with Crippen molar-refractivity contribution >= 4 is 0 Å². The molecule has 1 aromatic carbocycles. The van der Waals surface area contributed by atoms with Crippen LogP contribution >= 0.6 is 0 Å². The summed E-state index contributed by atoms with van der Waals surface area (Å²) in [4.78, 5) is 0. The Balaban J connectivity index is 2.29. The van der Waals surface area contributed by atoms with Crippen LogP contribution in [-0.4, -0.2) is 20.1 Å². The van der Waals surface area contributed by atoms with Crippen LogP contribution in [0.15, 0.2) is 30.5 Å². The van der Waals surface area contributed by atoms with Crippen LogP contribution in [0.4, 0.5) is 0 Å². The summed E-state index contributed by atoms with van der Waals surface area (Å²) in [6.45, 7) is 1.71. The first-order chi connectivity index (χ1) is 7.83. The van der Waals surface area contributed by atoms with Gasteiger partial charge in [0.15, 0.2) is 0 Å². The van der Waals surface area contributed by atoms with E-state index in [9.17, 15) is 0 Å². The molecule has 2 rings (SSSR count). The Kier molecular flexibility index (Phi) is 2.99. The smallest absolute Gasteiger partial charge is 0.109 e. The fourth-order valence-electron chi connectivity index (χ4n) is 1.34. The van der Waals surface area contributed by atoms with Crippen molar-refractivity contribution in [2.24, 2.45) is 0 Å². The molecule has 0 fully saturated rings. The van der Waals surface area contributed by atoms with Crippen LogP contribution < -0.4 is 0 Å². The maximum Gasteiger partial charge on any atom is 0.109 e. The molecule has 4 nitrogen and oxygen atoms in total. The highest BCUT2D eigenvalue weighted by Crippen LogP contribution is 2.08. The summed E-state index contributed by atoms with van der Waals surface area (Å²) in [6.07, 6.45) is 1.69. The molecule has 0 spiro atoms. The van der Waals surface area contributed by atoms with Crippen molar-refractivity contribution in [3.63, 3.8) is 0 Å². The van der Waals surface area contributed by atoms with E-state index in [-0.39, 0.29) is 6.61 Å². The molecular weight excluding hydrogens is 202 g/mol. The summed E-state index contributed by atoms with van der Waals surface area (Å²) in [5.41, 5.74) is 2.42. The molecule has 0 unspecified atom stereocenters. The maximum atomic E-state index is 8.88. The number of aromatic nitrogens is 3. The lowest BCUT2D eigenvalue weighted by Crippen LogP contribution is -1.94. The maximum absolute atomic E-state index is 8.88. The second-order valence-electron chi connectivity index (χ2n) is 3.23. The Morgan fingerprint density at radius 3 is 2.62 bits per heavy atom. The summed E-state index contributed by atoms with van der Waals surface area (Å²) in [6, 6.07) is 7.67. The molecular formula is C12H11N3O. The molecule has 0 aliphatic carbocycles. The molecule has 0 bridgehead atoms. The topological polar surface area (TPSA) is 50.9 Å². The predicted octanol–water partition coefficient (Wildman–Crippen LogP) is 1.13. The third kappa shape index (κ3) is 2.10. The minimum absolute atomic E-state index is 0.0978. The van der Waals surface area contributed by atoms with Gasteiger partial charge in [0.05, 0.1) is 18.5 Å². The van der Waals surface area contributed by atoms with Crippen molar-refractivity contribution in [1.82, 2.24) is 15.0 Å². The first-order valence-corrected chi connectivity index (χ1v) is 4.89. The molecule has 0 atom stereocenters. The first kappa shape index (κ1) is 10.4. The number of aliphatic hydroxyl groups excluding tert-OH is 1. The highest BCUT2D eigenvalue weighted by atomic mass is 16.3. The van der Waals surface area contributed by atoms with Crippen LogP contribution in [0.25, 0.3) is 5.69 Å². The van der Waals surface area contributed by atoms with Crippen molar-refractivity contribution in [3.8, 4) is 17.5 Å². The Labute approximate surface area is 93.5 Å². The van der Waals surface area contributed by atoms with Gasteiger partial charge in [-0.05, 0) is 31.2 Å². The zero-order chi connectivity index (χ0) is 11.4. The fourth-order valence-corrected chi connectivity index (χ4v) is 1.34. The van der Waals surface area contributed by atoms with Gasteiger partial charge in [0, 0.05) is 5.56 Å². The number of aliphatic hydroxyl groups is 1. The average molecular weight is 213 g/mol. The van der Waals surface area contributed by atoms with Gasteiger partial charge >= 0.3 is 0 Å². The van der Waals surface area contributed by atoms with Crippen LogP contribution in [0, 0.1) is 11.8 Å². The number of nitrogens with zero attached hydrogens (tertiary/aromatic N) is 3. The van der Waals surface area contributed by atoms with Crippen molar-refractivity contribution < 1.29 is 5.11 Å². The van der Waals surface area contributed by atoms with E-state index in [0.29, 0.717) is 5.69 Å². The number of benzene rings is 1. The van der Waals surface area contributed by atoms with E-state index in [4.69, 9.17) is 5.11 Å². The van der Waals surface area contributed by atoms with Gasteiger partial charge in [0.25, 0.3) is 0 Å². The summed E-state index contributed by atoms with van der Waals surface area (Å²) in [7, 11) is 0. The zero-order valence-corrected chi connectivity index (χ0v) is 8.88. The van der Waals surface area contributed by atoms with Gasteiger partial charge in [0.1, 0.15) is 5.69 Å². The first-order valence-electron chi connectivity index (χ1n) is 4.89. The van der Waals surface area contributed by atoms with Crippen molar-refractivity contribution in [3.05, 3.63) is 41.7 Å². The van der Waals surface area contributed by atoms with Crippen LogP contribution in [0.5, 0.6) is 0 Å². The lowest BCUT2D eigenvalue weighted by Gasteiger charge is -1.99. The summed E-state index contributed by atoms with van der Waals surface area (Å²) >= 11 is 0. The number of rotatable bonds is 2. The molecule has 2 aromatic rings. The molecule has 16 heavy (non-hydrogen) atoms. The van der Waals surface area contributed by atoms with Crippen LogP contribution in [0.3, 0.4) is 0 Å². The van der Waals surface area contributed by atoms with Crippen molar-refractivity contribution in [2.45, 2.75) is 13.5 Å². The van der Waals surface area contributed by atoms with E-state index in [0.717, 1.165) is 11.3 Å². The van der Waals surface area contributed by atoms with E-state index in [1.165, 1.54) is 0 Å². The van der Waals surface area contributed by atoms with E-state index in [2.05, 4.69) is 22.2 Å². The lowest BCUT2D eigenvalue weighted by molar-refractivity contribution is 0.276. The molecule has 0 aliphatic rings. The number of hydrogen-bond acceptors (Lipinski definition) is 3. The van der Waals surface area contributed by atoms with Gasteiger partial charge in [-0.2, -0.15) is 0 Å². The highest BCUT2D eigenvalue weighted by Gasteiger charge is 2.00. The third-order valence-corrected chi connectivity index (χ3v) is 2.10. The highest BCUT2D eigenvalue weighted by molar-refractivity contribution is 5.41. The molecule has 0 saturated heterocycles. The molecule has 0 aliphatic heterocycles. The summed E-state index contributed by atoms with van der Waals surface area (Å²) in [5.74, 6) is 5.81.